The predicted octanol–water partition coefficient (Wildman–Crippen LogP) is 2.89. The van der Waals surface area contributed by atoms with Gasteiger partial charge in [-0.1, -0.05) is 31.9 Å². The van der Waals surface area contributed by atoms with Gasteiger partial charge in [0.15, 0.2) is 0 Å². The van der Waals surface area contributed by atoms with Gasteiger partial charge in [-0.05, 0) is 32.1 Å². The van der Waals surface area contributed by atoms with Crippen LogP contribution in [0.5, 0.6) is 0 Å². The molecule has 12 heavy (non-hydrogen) atoms. The molecule has 1 unspecified atom stereocenters. The van der Waals surface area contributed by atoms with Crippen LogP contribution in [0, 0.1) is 5.92 Å². The lowest BCUT2D eigenvalue weighted by Gasteiger charge is -2.28. The van der Waals surface area contributed by atoms with Crippen LogP contribution in [-0.4, -0.2) is 10.7 Å². The molecule has 0 bridgehead atoms. The summed E-state index contributed by atoms with van der Waals surface area (Å²) in [6.45, 7) is 4.19. The maximum Gasteiger partial charge on any atom is 0.0676 e. The van der Waals surface area contributed by atoms with Crippen LogP contribution in [0.15, 0.2) is 12.2 Å². The van der Waals surface area contributed by atoms with Crippen LogP contribution >= 0.6 is 0 Å². The Bertz CT molecular complexity index is 154. The molecule has 0 aliphatic heterocycles. The first kappa shape index (κ1) is 9.79. The topological polar surface area (TPSA) is 20.2 Å². The van der Waals surface area contributed by atoms with Crippen molar-refractivity contribution >= 4 is 0 Å². The van der Waals surface area contributed by atoms with Crippen molar-refractivity contribution in [3.05, 3.63) is 12.2 Å². The SMILES string of the molecule is CC=CCC(C)C1(O)CCCC1. The van der Waals surface area contributed by atoms with E-state index in [1.54, 1.807) is 0 Å². The molecule has 1 atom stereocenters. The second kappa shape index (κ2) is 4.08. The molecule has 1 saturated carbocycles. The van der Waals surface area contributed by atoms with E-state index in [4.69, 9.17) is 0 Å². The Labute approximate surface area is 75.5 Å². The molecule has 1 fully saturated rings. The van der Waals surface area contributed by atoms with Crippen molar-refractivity contribution in [1.82, 2.24) is 0 Å². The zero-order valence-corrected chi connectivity index (χ0v) is 8.21. The van der Waals surface area contributed by atoms with Crippen LogP contribution in [0.25, 0.3) is 0 Å². The predicted molar refractivity (Wildman–Crippen MR) is 52.0 cm³/mol. The minimum atomic E-state index is -0.348. The highest BCUT2D eigenvalue weighted by Crippen LogP contribution is 2.37. The van der Waals surface area contributed by atoms with Gasteiger partial charge in [0.25, 0.3) is 0 Å². The van der Waals surface area contributed by atoms with Crippen LogP contribution in [0.4, 0.5) is 0 Å². The summed E-state index contributed by atoms with van der Waals surface area (Å²) in [4.78, 5) is 0. The summed E-state index contributed by atoms with van der Waals surface area (Å²) < 4.78 is 0. The molecule has 1 nitrogen and oxygen atoms in total. The lowest BCUT2D eigenvalue weighted by molar-refractivity contribution is -0.00398. The molecule has 1 heteroatoms. The number of aliphatic hydroxyl groups is 1. The van der Waals surface area contributed by atoms with Crippen molar-refractivity contribution in [2.75, 3.05) is 0 Å². The van der Waals surface area contributed by atoms with Crippen LogP contribution in [-0.2, 0) is 0 Å². The molecule has 0 saturated heterocycles. The average molecular weight is 168 g/mol. The molecule has 0 spiro atoms. The van der Waals surface area contributed by atoms with Gasteiger partial charge in [-0.3, -0.25) is 0 Å². The van der Waals surface area contributed by atoms with E-state index in [2.05, 4.69) is 19.1 Å². The number of hydrogen-bond donors (Lipinski definition) is 1. The Morgan fingerprint density at radius 1 is 1.42 bits per heavy atom. The largest absolute Gasteiger partial charge is 0.390 e. The van der Waals surface area contributed by atoms with Crippen LogP contribution in [0.2, 0.25) is 0 Å². The highest BCUT2D eigenvalue weighted by molar-refractivity contribution is 4.92. The first-order valence-electron chi connectivity index (χ1n) is 5.02. The summed E-state index contributed by atoms with van der Waals surface area (Å²) in [5, 5.41) is 10.2. The van der Waals surface area contributed by atoms with Gasteiger partial charge in [-0.25, -0.2) is 0 Å². The molecule has 1 rings (SSSR count). The fraction of sp³-hybridized carbons (Fsp3) is 0.818. The molecule has 0 aromatic carbocycles. The van der Waals surface area contributed by atoms with Gasteiger partial charge in [0.1, 0.15) is 0 Å². The third-order valence-corrected chi connectivity index (χ3v) is 3.11. The number of allylic oxidation sites excluding steroid dienone is 2. The summed E-state index contributed by atoms with van der Waals surface area (Å²) >= 11 is 0. The van der Waals surface area contributed by atoms with Crippen LogP contribution in [0.3, 0.4) is 0 Å². The zero-order valence-electron chi connectivity index (χ0n) is 8.21. The maximum atomic E-state index is 10.2. The van der Waals surface area contributed by atoms with E-state index in [1.165, 1.54) is 12.8 Å². The van der Waals surface area contributed by atoms with E-state index in [9.17, 15) is 5.11 Å². The van der Waals surface area contributed by atoms with Gasteiger partial charge >= 0.3 is 0 Å². The summed E-state index contributed by atoms with van der Waals surface area (Å²) in [6.07, 6.45) is 9.66. The van der Waals surface area contributed by atoms with Crippen molar-refractivity contribution in [2.24, 2.45) is 5.92 Å². The first-order valence-corrected chi connectivity index (χ1v) is 5.02. The molecule has 70 valence electrons. The average Bonchev–Trinajstić information content (AvgIpc) is 2.49. The lowest BCUT2D eigenvalue weighted by Crippen LogP contribution is -2.32. The minimum absolute atomic E-state index is 0.348. The number of rotatable bonds is 3. The molecular weight excluding hydrogens is 148 g/mol. The van der Waals surface area contributed by atoms with Gasteiger partial charge in [-0.2, -0.15) is 0 Å². The number of hydrogen-bond acceptors (Lipinski definition) is 1. The van der Waals surface area contributed by atoms with Crippen molar-refractivity contribution in [2.45, 2.75) is 51.6 Å². The maximum absolute atomic E-state index is 10.2. The van der Waals surface area contributed by atoms with Gasteiger partial charge in [-0.15, -0.1) is 0 Å². The Balaban J connectivity index is 2.43. The quantitative estimate of drug-likeness (QED) is 0.642. The third-order valence-electron chi connectivity index (χ3n) is 3.11. The second-order valence-electron chi connectivity index (χ2n) is 4.02. The fourth-order valence-corrected chi connectivity index (χ4v) is 2.04. The molecule has 1 N–H and O–H groups in total. The van der Waals surface area contributed by atoms with Crippen molar-refractivity contribution in [1.29, 1.82) is 0 Å². The van der Waals surface area contributed by atoms with Crippen molar-refractivity contribution in [3.8, 4) is 0 Å². The fourth-order valence-electron chi connectivity index (χ4n) is 2.04. The van der Waals surface area contributed by atoms with E-state index in [0.29, 0.717) is 5.92 Å². The van der Waals surface area contributed by atoms with Crippen molar-refractivity contribution < 1.29 is 5.11 Å². The Morgan fingerprint density at radius 3 is 2.50 bits per heavy atom. The van der Waals surface area contributed by atoms with Gasteiger partial charge in [0.05, 0.1) is 5.60 Å². The molecule has 0 radical (unpaired) electrons. The highest BCUT2D eigenvalue weighted by atomic mass is 16.3. The summed E-state index contributed by atoms with van der Waals surface area (Å²) in [7, 11) is 0. The normalized spacial score (nSPS) is 24.9. The summed E-state index contributed by atoms with van der Waals surface area (Å²) in [6, 6.07) is 0. The van der Waals surface area contributed by atoms with Crippen LogP contribution < -0.4 is 0 Å². The summed E-state index contributed by atoms with van der Waals surface area (Å²) in [5.74, 6) is 0.427. The molecule has 0 aromatic rings. The molecular formula is C11H20O. The molecule has 0 heterocycles. The Morgan fingerprint density at radius 2 is 2.00 bits per heavy atom. The van der Waals surface area contributed by atoms with Gasteiger partial charge in [0, 0.05) is 0 Å². The van der Waals surface area contributed by atoms with E-state index in [0.717, 1.165) is 19.3 Å². The van der Waals surface area contributed by atoms with Gasteiger partial charge < -0.3 is 5.11 Å². The van der Waals surface area contributed by atoms with Crippen LogP contribution in [0.1, 0.15) is 46.0 Å². The van der Waals surface area contributed by atoms with Crippen molar-refractivity contribution in [3.63, 3.8) is 0 Å². The smallest absolute Gasteiger partial charge is 0.0676 e. The molecule has 1 aliphatic carbocycles. The first-order chi connectivity index (χ1) is 5.69. The standard InChI is InChI=1S/C11H20O/c1-3-4-7-10(2)11(12)8-5-6-9-11/h3-4,10,12H,5-9H2,1-2H3. The van der Waals surface area contributed by atoms with E-state index >= 15 is 0 Å². The monoisotopic (exact) mass is 168 g/mol. The summed E-state index contributed by atoms with van der Waals surface area (Å²) in [5.41, 5.74) is -0.348. The van der Waals surface area contributed by atoms with E-state index in [1.807, 2.05) is 6.92 Å². The molecule has 0 aromatic heterocycles. The third kappa shape index (κ3) is 2.10. The minimum Gasteiger partial charge on any atom is -0.390 e. The van der Waals surface area contributed by atoms with E-state index < -0.39 is 0 Å². The zero-order chi connectivity index (χ0) is 9.03. The van der Waals surface area contributed by atoms with E-state index in [-0.39, 0.29) is 5.60 Å². The molecule has 0 amide bonds. The Hall–Kier alpha value is -0.300. The second-order valence-corrected chi connectivity index (χ2v) is 4.02. The highest BCUT2D eigenvalue weighted by Gasteiger charge is 2.35. The Kier molecular flexibility index (Phi) is 3.33. The van der Waals surface area contributed by atoms with Gasteiger partial charge in [0.2, 0.25) is 0 Å². The molecule has 1 aliphatic rings. The lowest BCUT2D eigenvalue weighted by atomic mass is 9.85.